The molecule has 4 rings (SSSR count). The largest absolute Gasteiger partial charge is 0.497 e. The van der Waals surface area contributed by atoms with E-state index in [1.54, 1.807) is 19.2 Å². The number of thiazole rings is 1. The molecular weight excluding hydrogens is 558 g/mol. The Morgan fingerprint density at radius 2 is 1.57 bits per heavy atom. The van der Waals surface area contributed by atoms with Crippen LogP contribution in [0.3, 0.4) is 0 Å². The molecule has 184 valence electrons. The number of halogens is 1. The number of nitrogens with one attached hydrogen (secondary N) is 2. The van der Waals surface area contributed by atoms with Gasteiger partial charge < -0.3 is 19.5 Å². The zero-order valence-electron chi connectivity index (χ0n) is 18.9. The Labute approximate surface area is 217 Å². The van der Waals surface area contributed by atoms with Gasteiger partial charge in [0.2, 0.25) is 5.88 Å². The summed E-state index contributed by atoms with van der Waals surface area (Å²) in [5.74, 6) is 0.973. The van der Waals surface area contributed by atoms with Crippen LogP contribution in [0.25, 0.3) is 11.3 Å². The lowest BCUT2D eigenvalue weighted by Gasteiger charge is -2.10. The van der Waals surface area contributed by atoms with Crippen molar-refractivity contribution in [1.82, 2.24) is 15.0 Å². The van der Waals surface area contributed by atoms with Gasteiger partial charge in [0, 0.05) is 22.7 Å². The average Bonchev–Trinajstić information content (AvgIpc) is 3.32. The molecule has 0 spiro atoms. The Balaban J connectivity index is 0.00000342. The first kappa shape index (κ1) is 26.2. The minimum absolute atomic E-state index is 0. The highest BCUT2D eigenvalue weighted by atomic mass is 79.9. The molecule has 4 aromatic rings. The molecule has 10 nitrogen and oxygen atoms in total. The molecule has 0 bridgehead atoms. The van der Waals surface area contributed by atoms with Crippen LogP contribution in [0.1, 0.15) is 0 Å². The fraction of sp³-hybridized carbons (Fsp3) is 0.136. The monoisotopic (exact) mass is 579 g/mol. The number of benzene rings is 2. The number of nitrogens with zero attached hydrogens (tertiary/aromatic N) is 3. The first-order valence-electron chi connectivity index (χ1n) is 9.87. The van der Waals surface area contributed by atoms with Crippen LogP contribution in [-0.4, -0.2) is 44.7 Å². The summed E-state index contributed by atoms with van der Waals surface area (Å²) < 4.78 is 43.2. The lowest BCUT2D eigenvalue weighted by Crippen LogP contribution is -2.14. The third-order valence-electron chi connectivity index (χ3n) is 4.62. The van der Waals surface area contributed by atoms with Gasteiger partial charge in [-0.15, -0.1) is 28.3 Å². The summed E-state index contributed by atoms with van der Waals surface area (Å²) in [4.78, 5) is 12.6. The zero-order valence-corrected chi connectivity index (χ0v) is 22.2. The number of hydrogen-bond acceptors (Lipinski definition) is 10. The summed E-state index contributed by atoms with van der Waals surface area (Å²) in [6, 6.07) is 15.3. The molecule has 0 aliphatic rings. The maximum atomic E-state index is 12.8. The Morgan fingerprint density at radius 3 is 2.20 bits per heavy atom. The molecule has 0 aliphatic carbocycles. The fourth-order valence-electron chi connectivity index (χ4n) is 2.91. The maximum Gasteiger partial charge on any atom is 0.321 e. The number of ether oxygens (including phenoxy) is 3. The van der Waals surface area contributed by atoms with E-state index in [2.05, 4.69) is 25.0 Å². The minimum Gasteiger partial charge on any atom is -0.497 e. The van der Waals surface area contributed by atoms with Gasteiger partial charge in [0.15, 0.2) is 10.9 Å². The standard InChI is InChI=1S/C22H21N5O5S2.BrH/c1-30-16-8-4-14(5-9-16)18-13-33-22(24-18)23-15-6-10-17(11-7-15)34(28,29)27-19-12-20(31-2)26-21(25-19)32-3;/h4-13H,1-3H3,(H,23,24)(H,25,26,27);1H. The van der Waals surface area contributed by atoms with E-state index in [0.717, 1.165) is 17.0 Å². The number of rotatable bonds is 9. The van der Waals surface area contributed by atoms with Gasteiger partial charge in [0.25, 0.3) is 10.0 Å². The molecule has 0 atom stereocenters. The number of hydrogen-bond donors (Lipinski definition) is 2. The van der Waals surface area contributed by atoms with Crippen molar-refractivity contribution < 1.29 is 22.6 Å². The fourth-order valence-corrected chi connectivity index (χ4v) is 4.65. The molecule has 2 aromatic heterocycles. The number of sulfonamides is 1. The molecule has 0 fully saturated rings. The topological polar surface area (TPSA) is 125 Å². The lowest BCUT2D eigenvalue weighted by molar-refractivity contribution is 0.353. The van der Waals surface area contributed by atoms with Crippen LogP contribution in [0.15, 0.2) is 64.9 Å². The zero-order chi connectivity index (χ0) is 24.1. The van der Waals surface area contributed by atoms with Crippen molar-refractivity contribution in [3.05, 3.63) is 60.0 Å². The van der Waals surface area contributed by atoms with Crippen LogP contribution < -0.4 is 24.2 Å². The normalized spacial score (nSPS) is 10.7. The lowest BCUT2D eigenvalue weighted by atomic mass is 10.2. The van der Waals surface area contributed by atoms with E-state index in [0.29, 0.717) is 10.8 Å². The second kappa shape index (κ2) is 11.3. The molecule has 0 unspecified atom stereocenters. The van der Waals surface area contributed by atoms with Gasteiger partial charge in [-0.2, -0.15) is 9.97 Å². The van der Waals surface area contributed by atoms with Gasteiger partial charge in [0.05, 0.1) is 31.9 Å². The van der Waals surface area contributed by atoms with E-state index < -0.39 is 10.0 Å². The van der Waals surface area contributed by atoms with Crippen molar-refractivity contribution >= 4 is 55.0 Å². The Morgan fingerprint density at radius 1 is 0.857 bits per heavy atom. The summed E-state index contributed by atoms with van der Waals surface area (Å²) in [5, 5.41) is 5.81. The minimum atomic E-state index is -3.89. The van der Waals surface area contributed by atoms with Crippen LogP contribution in [0.5, 0.6) is 17.6 Å². The molecule has 0 saturated carbocycles. The molecule has 2 heterocycles. The van der Waals surface area contributed by atoms with Gasteiger partial charge in [-0.1, -0.05) is 0 Å². The van der Waals surface area contributed by atoms with Crippen LogP contribution in [0.4, 0.5) is 16.6 Å². The van der Waals surface area contributed by atoms with E-state index in [-0.39, 0.29) is 39.6 Å². The van der Waals surface area contributed by atoms with Gasteiger partial charge in [0.1, 0.15) is 5.75 Å². The third kappa shape index (κ3) is 6.38. The van der Waals surface area contributed by atoms with Gasteiger partial charge in [-0.3, -0.25) is 4.72 Å². The van der Waals surface area contributed by atoms with E-state index >= 15 is 0 Å². The molecule has 2 N–H and O–H groups in total. The van der Waals surface area contributed by atoms with Crippen molar-refractivity contribution in [3.63, 3.8) is 0 Å². The molecule has 13 heteroatoms. The second-order valence-corrected chi connectivity index (χ2v) is 9.34. The number of aromatic nitrogens is 3. The van der Waals surface area contributed by atoms with E-state index in [1.165, 1.54) is 43.8 Å². The Kier molecular flexibility index (Phi) is 8.48. The molecule has 0 amide bonds. The summed E-state index contributed by atoms with van der Waals surface area (Å²) in [5.41, 5.74) is 2.49. The van der Waals surface area contributed by atoms with Crippen LogP contribution in [0, 0.1) is 0 Å². The van der Waals surface area contributed by atoms with Gasteiger partial charge in [-0.25, -0.2) is 13.4 Å². The van der Waals surface area contributed by atoms with Crippen molar-refractivity contribution in [2.24, 2.45) is 0 Å². The average molecular weight is 580 g/mol. The molecular formula is C22H22BrN5O5S2. The molecule has 0 saturated heterocycles. The quantitative estimate of drug-likeness (QED) is 0.289. The van der Waals surface area contributed by atoms with Crippen molar-refractivity contribution in [2.75, 3.05) is 31.4 Å². The van der Waals surface area contributed by atoms with Crippen LogP contribution in [0.2, 0.25) is 0 Å². The van der Waals surface area contributed by atoms with Crippen LogP contribution in [-0.2, 0) is 10.0 Å². The summed E-state index contributed by atoms with van der Waals surface area (Å²) in [6.45, 7) is 0. The van der Waals surface area contributed by atoms with Crippen molar-refractivity contribution in [1.29, 1.82) is 0 Å². The predicted octanol–water partition coefficient (Wildman–Crippen LogP) is 4.75. The third-order valence-corrected chi connectivity index (χ3v) is 6.75. The van der Waals surface area contributed by atoms with Gasteiger partial charge in [-0.05, 0) is 48.5 Å². The highest BCUT2D eigenvalue weighted by Crippen LogP contribution is 2.29. The van der Waals surface area contributed by atoms with Gasteiger partial charge >= 0.3 is 6.01 Å². The smallest absolute Gasteiger partial charge is 0.321 e. The highest BCUT2D eigenvalue weighted by molar-refractivity contribution is 8.93. The van der Waals surface area contributed by atoms with Crippen LogP contribution >= 0.6 is 28.3 Å². The first-order chi connectivity index (χ1) is 16.4. The Bertz CT molecular complexity index is 1360. The molecule has 2 aromatic carbocycles. The van der Waals surface area contributed by atoms with E-state index in [1.807, 2.05) is 29.6 Å². The second-order valence-electron chi connectivity index (χ2n) is 6.80. The van der Waals surface area contributed by atoms with E-state index in [9.17, 15) is 8.42 Å². The predicted molar refractivity (Wildman–Crippen MR) is 140 cm³/mol. The Hall–Kier alpha value is -3.42. The summed E-state index contributed by atoms with van der Waals surface area (Å²) in [6.07, 6.45) is 0. The van der Waals surface area contributed by atoms with Crippen molar-refractivity contribution in [2.45, 2.75) is 4.90 Å². The summed E-state index contributed by atoms with van der Waals surface area (Å²) >= 11 is 1.45. The molecule has 0 radical (unpaired) electrons. The van der Waals surface area contributed by atoms with Crippen molar-refractivity contribution in [3.8, 4) is 28.9 Å². The molecule has 0 aliphatic heterocycles. The number of anilines is 3. The SMILES string of the molecule is Br.COc1ccc(-c2csc(Nc3ccc(S(=O)(=O)Nc4cc(OC)nc(OC)n4)cc3)n2)cc1. The van der Waals surface area contributed by atoms with E-state index in [4.69, 9.17) is 14.2 Å². The highest BCUT2D eigenvalue weighted by Gasteiger charge is 2.17. The summed E-state index contributed by atoms with van der Waals surface area (Å²) in [7, 11) is 0.516. The molecule has 35 heavy (non-hydrogen) atoms. The maximum absolute atomic E-state index is 12.8. The number of methoxy groups -OCH3 is 3. The first-order valence-corrected chi connectivity index (χ1v) is 12.2.